The molecule has 1 atom stereocenters. The maximum Gasteiger partial charge on any atom is 0.260 e. The Kier molecular flexibility index (Phi) is 4.71. The van der Waals surface area contributed by atoms with Crippen LogP contribution in [0.25, 0.3) is 11.0 Å². The maximum atomic E-state index is 12.4. The second-order valence-electron chi connectivity index (χ2n) is 5.76. The lowest BCUT2D eigenvalue weighted by Crippen LogP contribution is -2.33. The summed E-state index contributed by atoms with van der Waals surface area (Å²) in [5.74, 6) is 0.929. The summed E-state index contributed by atoms with van der Waals surface area (Å²) >= 11 is 0. The summed E-state index contributed by atoms with van der Waals surface area (Å²) < 4.78 is 11.3. The van der Waals surface area contributed by atoms with Crippen molar-refractivity contribution in [2.24, 2.45) is 0 Å². The standard InChI is InChI=1S/C20H18N2O3/c1-14(19-11-15-7-3-6-10-18(15)25-19)22(2)20(23)13-24-17-9-5-4-8-16(17)12-21/h3-11,14H,13H2,1-2H3. The number of hydrogen-bond acceptors (Lipinski definition) is 4. The van der Waals surface area contributed by atoms with Crippen LogP contribution in [0.3, 0.4) is 0 Å². The maximum absolute atomic E-state index is 12.4. The van der Waals surface area contributed by atoms with Crippen molar-refractivity contribution >= 4 is 16.9 Å². The lowest BCUT2D eigenvalue weighted by atomic mass is 10.2. The van der Waals surface area contributed by atoms with Gasteiger partial charge in [0.05, 0.1) is 11.6 Å². The minimum absolute atomic E-state index is 0.139. The van der Waals surface area contributed by atoms with E-state index in [4.69, 9.17) is 14.4 Å². The van der Waals surface area contributed by atoms with E-state index in [0.717, 1.165) is 16.7 Å². The summed E-state index contributed by atoms with van der Waals surface area (Å²) in [6, 6.07) is 18.3. The van der Waals surface area contributed by atoms with Gasteiger partial charge in [-0.15, -0.1) is 0 Å². The molecule has 0 fully saturated rings. The monoisotopic (exact) mass is 334 g/mol. The van der Waals surface area contributed by atoms with Gasteiger partial charge < -0.3 is 14.1 Å². The largest absolute Gasteiger partial charge is 0.482 e. The number of hydrogen-bond donors (Lipinski definition) is 0. The van der Waals surface area contributed by atoms with Gasteiger partial charge in [0.2, 0.25) is 0 Å². The van der Waals surface area contributed by atoms with E-state index in [-0.39, 0.29) is 18.6 Å². The minimum atomic E-state index is -0.227. The van der Waals surface area contributed by atoms with E-state index in [1.807, 2.05) is 43.3 Å². The molecule has 126 valence electrons. The zero-order valence-electron chi connectivity index (χ0n) is 14.1. The number of amides is 1. The van der Waals surface area contributed by atoms with Gasteiger partial charge in [-0.2, -0.15) is 5.26 Å². The molecule has 1 heterocycles. The molecule has 0 aliphatic rings. The second kappa shape index (κ2) is 7.10. The molecule has 0 radical (unpaired) electrons. The summed E-state index contributed by atoms with van der Waals surface area (Å²) in [6.45, 7) is 1.76. The predicted molar refractivity (Wildman–Crippen MR) is 94.1 cm³/mol. The molecule has 0 saturated heterocycles. The molecule has 3 rings (SSSR count). The highest BCUT2D eigenvalue weighted by molar-refractivity contribution is 5.80. The summed E-state index contributed by atoms with van der Waals surface area (Å²) in [7, 11) is 1.71. The molecule has 0 aliphatic carbocycles. The number of nitrogens with zero attached hydrogens (tertiary/aromatic N) is 2. The third-order valence-electron chi connectivity index (χ3n) is 4.19. The van der Waals surface area contributed by atoms with Gasteiger partial charge in [0.15, 0.2) is 6.61 Å². The van der Waals surface area contributed by atoms with Crippen molar-refractivity contribution in [2.75, 3.05) is 13.7 Å². The van der Waals surface area contributed by atoms with Crippen molar-refractivity contribution in [3.8, 4) is 11.8 Å². The van der Waals surface area contributed by atoms with Crippen molar-refractivity contribution in [1.82, 2.24) is 4.90 Å². The zero-order chi connectivity index (χ0) is 17.8. The molecule has 0 aliphatic heterocycles. The number of nitriles is 1. The van der Waals surface area contributed by atoms with Crippen molar-refractivity contribution < 1.29 is 13.9 Å². The first kappa shape index (κ1) is 16.6. The Morgan fingerprint density at radius 3 is 2.72 bits per heavy atom. The molecule has 3 aromatic rings. The normalized spacial score (nSPS) is 11.7. The first-order valence-electron chi connectivity index (χ1n) is 7.96. The number of furan rings is 1. The Labute approximate surface area is 146 Å². The van der Waals surface area contributed by atoms with Gasteiger partial charge in [-0.05, 0) is 31.2 Å². The van der Waals surface area contributed by atoms with Gasteiger partial charge in [-0.3, -0.25) is 4.79 Å². The summed E-state index contributed by atoms with van der Waals surface area (Å²) in [5.41, 5.74) is 1.20. The van der Waals surface area contributed by atoms with E-state index in [1.165, 1.54) is 0 Å². The molecule has 5 nitrogen and oxygen atoms in total. The predicted octanol–water partition coefficient (Wildman–Crippen LogP) is 3.90. The highest BCUT2D eigenvalue weighted by atomic mass is 16.5. The fraction of sp³-hybridized carbons (Fsp3) is 0.200. The quantitative estimate of drug-likeness (QED) is 0.709. The van der Waals surface area contributed by atoms with Crippen LogP contribution >= 0.6 is 0 Å². The van der Waals surface area contributed by atoms with Crippen LogP contribution in [-0.2, 0) is 4.79 Å². The summed E-state index contributed by atoms with van der Waals surface area (Å²) in [5, 5.41) is 10.1. The van der Waals surface area contributed by atoms with Gasteiger partial charge in [0.25, 0.3) is 5.91 Å². The van der Waals surface area contributed by atoms with E-state index in [9.17, 15) is 4.79 Å². The Morgan fingerprint density at radius 2 is 1.96 bits per heavy atom. The number of likely N-dealkylation sites (N-methyl/N-ethyl adjacent to an activating group) is 1. The average Bonchev–Trinajstić information content (AvgIpc) is 3.09. The van der Waals surface area contributed by atoms with Gasteiger partial charge in [0, 0.05) is 12.4 Å². The molecule has 0 saturated carbocycles. The van der Waals surface area contributed by atoms with Crippen molar-refractivity contribution in [2.45, 2.75) is 13.0 Å². The molecular weight excluding hydrogens is 316 g/mol. The Hall–Kier alpha value is -3.26. The van der Waals surface area contributed by atoms with Gasteiger partial charge in [-0.25, -0.2) is 0 Å². The lowest BCUT2D eigenvalue weighted by Gasteiger charge is -2.23. The number of carbonyl (C=O) groups excluding carboxylic acids is 1. The first-order chi connectivity index (χ1) is 12.1. The summed E-state index contributed by atoms with van der Waals surface area (Å²) in [4.78, 5) is 14.0. The van der Waals surface area contributed by atoms with Crippen LogP contribution in [0.1, 0.15) is 24.3 Å². The number of fused-ring (bicyclic) bond motifs is 1. The lowest BCUT2D eigenvalue weighted by molar-refractivity contribution is -0.134. The SMILES string of the molecule is CC(c1cc2ccccc2o1)N(C)C(=O)COc1ccccc1C#N. The van der Waals surface area contributed by atoms with Gasteiger partial charge >= 0.3 is 0 Å². The Balaban J connectivity index is 1.68. The highest BCUT2D eigenvalue weighted by Crippen LogP contribution is 2.26. The number of rotatable bonds is 5. The van der Waals surface area contributed by atoms with Crippen molar-refractivity contribution in [3.63, 3.8) is 0 Å². The zero-order valence-corrected chi connectivity index (χ0v) is 14.1. The van der Waals surface area contributed by atoms with Crippen LogP contribution in [0.15, 0.2) is 59.0 Å². The molecule has 0 bridgehead atoms. The molecule has 0 spiro atoms. The number of benzene rings is 2. The Bertz CT molecular complexity index is 906. The molecule has 1 amide bonds. The van der Waals surface area contributed by atoms with Crippen LogP contribution in [0, 0.1) is 11.3 Å². The van der Waals surface area contributed by atoms with E-state index >= 15 is 0 Å². The molecule has 25 heavy (non-hydrogen) atoms. The topological polar surface area (TPSA) is 66.5 Å². The number of carbonyl (C=O) groups is 1. The van der Waals surface area contributed by atoms with E-state index in [0.29, 0.717) is 11.3 Å². The van der Waals surface area contributed by atoms with Crippen molar-refractivity contribution in [1.29, 1.82) is 5.26 Å². The molecule has 1 aromatic heterocycles. The summed E-state index contributed by atoms with van der Waals surface area (Å²) in [6.07, 6.45) is 0. The van der Waals surface area contributed by atoms with Crippen LogP contribution in [-0.4, -0.2) is 24.5 Å². The number of ether oxygens (including phenoxy) is 1. The smallest absolute Gasteiger partial charge is 0.260 e. The highest BCUT2D eigenvalue weighted by Gasteiger charge is 2.21. The fourth-order valence-corrected chi connectivity index (χ4v) is 2.54. The molecule has 0 N–H and O–H groups in total. The third-order valence-corrected chi connectivity index (χ3v) is 4.19. The van der Waals surface area contributed by atoms with Crippen molar-refractivity contribution in [3.05, 3.63) is 65.9 Å². The molecule has 1 unspecified atom stereocenters. The molecule has 5 heteroatoms. The Morgan fingerprint density at radius 1 is 1.24 bits per heavy atom. The van der Waals surface area contributed by atoms with Crippen LogP contribution in [0.2, 0.25) is 0 Å². The van der Waals surface area contributed by atoms with Crippen LogP contribution < -0.4 is 4.74 Å². The van der Waals surface area contributed by atoms with Crippen LogP contribution in [0.4, 0.5) is 0 Å². The third kappa shape index (κ3) is 3.48. The van der Waals surface area contributed by atoms with E-state index in [1.54, 1.807) is 36.2 Å². The molecular formula is C20H18N2O3. The fourth-order valence-electron chi connectivity index (χ4n) is 2.54. The second-order valence-corrected chi connectivity index (χ2v) is 5.76. The van der Waals surface area contributed by atoms with Gasteiger partial charge in [0.1, 0.15) is 23.2 Å². The first-order valence-corrected chi connectivity index (χ1v) is 7.96. The van der Waals surface area contributed by atoms with E-state index in [2.05, 4.69) is 0 Å². The molecule has 2 aromatic carbocycles. The van der Waals surface area contributed by atoms with Gasteiger partial charge in [-0.1, -0.05) is 30.3 Å². The average molecular weight is 334 g/mol. The van der Waals surface area contributed by atoms with E-state index < -0.39 is 0 Å². The minimum Gasteiger partial charge on any atom is -0.482 e. The number of para-hydroxylation sites is 2. The van der Waals surface area contributed by atoms with Crippen LogP contribution in [0.5, 0.6) is 5.75 Å².